The molecule has 2 aliphatic rings. The number of aliphatic hydroxyl groups is 1. The number of benzene rings is 2. The van der Waals surface area contributed by atoms with Crippen LogP contribution in [0.25, 0.3) is 0 Å². The second-order valence-corrected chi connectivity index (χ2v) is 7.89. The van der Waals surface area contributed by atoms with Gasteiger partial charge in [0.05, 0.1) is 18.8 Å². The summed E-state index contributed by atoms with van der Waals surface area (Å²) in [7, 11) is 4.07. The lowest BCUT2D eigenvalue weighted by Crippen LogP contribution is -2.60. The molecule has 0 spiro atoms. The Morgan fingerprint density at radius 2 is 1.73 bits per heavy atom. The summed E-state index contributed by atoms with van der Waals surface area (Å²) in [6, 6.07) is 19.4. The molecule has 2 aliphatic heterocycles. The molecule has 138 valence electrons. The van der Waals surface area contributed by atoms with Crippen LogP contribution in [0.5, 0.6) is 0 Å². The highest BCUT2D eigenvalue weighted by Gasteiger charge is 2.46. The number of morpholine rings is 1. The maximum absolute atomic E-state index is 11.5. The van der Waals surface area contributed by atoms with Crippen molar-refractivity contribution in [1.82, 2.24) is 4.90 Å². The van der Waals surface area contributed by atoms with Crippen molar-refractivity contribution in [2.24, 2.45) is 0 Å². The van der Waals surface area contributed by atoms with Gasteiger partial charge in [0, 0.05) is 38.4 Å². The molecule has 2 heterocycles. The molecule has 2 fully saturated rings. The third-order valence-corrected chi connectivity index (χ3v) is 5.81. The van der Waals surface area contributed by atoms with E-state index in [1.54, 1.807) is 0 Å². The van der Waals surface area contributed by atoms with E-state index in [-0.39, 0.29) is 12.1 Å². The topological polar surface area (TPSA) is 35.9 Å². The van der Waals surface area contributed by atoms with Crippen LogP contribution >= 0.6 is 0 Å². The summed E-state index contributed by atoms with van der Waals surface area (Å²) in [6.07, 6.45) is 1.43. The minimum absolute atomic E-state index is 0.246. The number of nitrogens with zero attached hydrogens (tertiary/aromatic N) is 2. The Bertz CT molecular complexity index is 733. The molecule has 0 amide bonds. The second-order valence-electron chi connectivity index (χ2n) is 7.89. The van der Waals surface area contributed by atoms with Gasteiger partial charge < -0.3 is 14.7 Å². The first-order chi connectivity index (χ1) is 12.5. The molecule has 0 aromatic heterocycles. The molecule has 2 aromatic carbocycles. The molecule has 2 unspecified atom stereocenters. The quantitative estimate of drug-likeness (QED) is 0.918. The normalized spacial score (nSPS) is 28.7. The average Bonchev–Trinajstić information content (AvgIpc) is 2.64. The lowest BCUT2D eigenvalue weighted by molar-refractivity contribution is -0.149. The Morgan fingerprint density at radius 3 is 2.38 bits per heavy atom. The van der Waals surface area contributed by atoms with Gasteiger partial charge in [0.2, 0.25) is 0 Å². The van der Waals surface area contributed by atoms with Crippen molar-refractivity contribution in [2.75, 3.05) is 32.2 Å². The standard InChI is InChI=1S/C22H28N2O2/c1-23(2)19-10-6-9-18(11-19)22(25)12-20-15-26-16-21(13-22)24(20)14-17-7-4-3-5-8-17/h3-11,20-21,25H,12-16H2,1-2H3. The molecule has 4 rings (SSSR count). The maximum Gasteiger partial charge on any atom is 0.0928 e. The highest BCUT2D eigenvalue weighted by atomic mass is 16.5. The summed E-state index contributed by atoms with van der Waals surface area (Å²) < 4.78 is 5.83. The molecule has 26 heavy (non-hydrogen) atoms. The minimum Gasteiger partial charge on any atom is -0.385 e. The first-order valence-corrected chi connectivity index (χ1v) is 9.43. The summed E-state index contributed by atoms with van der Waals surface area (Å²) in [5, 5.41) is 11.5. The van der Waals surface area contributed by atoms with E-state index in [1.807, 2.05) is 20.2 Å². The van der Waals surface area contributed by atoms with Gasteiger partial charge in [-0.3, -0.25) is 4.90 Å². The van der Waals surface area contributed by atoms with Crippen LogP contribution in [-0.4, -0.2) is 49.4 Å². The van der Waals surface area contributed by atoms with Gasteiger partial charge >= 0.3 is 0 Å². The van der Waals surface area contributed by atoms with Crippen LogP contribution in [0.3, 0.4) is 0 Å². The fourth-order valence-electron chi connectivity index (χ4n) is 4.41. The van der Waals surface area contributed by atoms with Crippen molar-refractivity contribution < 1.29 is 9.84 Å². The fourth-order valence-corrected chi connectivity index (χ4v) is 4.41. The SMILES string of the molecule is CN(C)c1cccc(C2(O)CC3COCC(C2)N3Cc2ccccc2)c1. The number of hydrogen-bond acceptors (Lipinski definition) is 4. The molecular formula is C22H28N2O2. The largest absolute Gasteiger partial charge is 0.385 e. The third kappa shape index (κ3) is 3.37. The monoisotopic (exact) mass is 352 g/mol. The zero-order chi connectivity index (χ0) is 18.1. The van der Waals surface area contributed by atoms with Crippen molar-refractivity contribution in [1.29, 1.82) is 0 Å². The average molecular weight is 352 g/mol. The third-order valence-electron chi connectivity index (χ3n) is 5.81. The first kappa shape index (κ1) is 17.5. The van der Waals surface area contributed by atoms with Gasteiger partial charge in [-0.2, -0.15) is 0 Å². The molecule has 0 aliphatic carbocycles. The Morgan fingerprint density at radius 1 is 1.04 bits per heavy atom. The van der Waals surface area contributed by atoms with Crippen molar-refractivity contribution >= 4 is 5.69 Å². The lowest BCUT2D eigenvalue weighted by atomic mass is 9.76. The molecule has 2 aromatic rings. The Hall–Kier alpha value is -1.88. The van der Waals surface area contributed by atoms with Crippen molar-refractivity contribution in [3.8, 4) is 0 Å². The van der Waals surface area contributed by atoms with Crippen LogP contribution < -0.4 is 4.90 Å². The van der Waals surface area contributed by atoms with E-state index in [2.05, 4.69) is 58.3 Å². The number of rotatable bonds is 4. The van der Waals surface area contributed by atoms with Gasteiger partial charge in [-0.15, -0.1) is 0 Å². The Labute approximate surface area is 156 Å². The van der Waals surface area contributed by atoms with E-state index >= 15 is 0 Å². The molecule has 0 saturated carbocycles. The smallest absolute Gasteiger partial charge is 0.0928 e. The molecule has 4 nitrogen and oxygen atoms in total. The van der Waals surface area contributed by atoms with E-state index in [0.717, 1.165) is 17.8 Å². The van der Waals surface area contributed by atoms with Crippen LogP contribution in [0, 0.1) is 0 Å². The van der Waals surface area contributed by atoms with Crippen LogP contribution in [0.1, 0.15) is 24.0 Å². The summed E-state index contributed by atoms with van der Waals surface area (Å²) in [6.45, 7) is 2.31. The molecular weight excluding hydrogens is 324 g/mol. The zero-order valence-corrected chi connectivity index (χ0v) is 15.6. The van der Waals surface area contributed by atoms with Crippen LogP contribution in [0.2, 0.25) is 0 Å². The van der Waals surface area contributed by atoms with Crippen LogP contribution in [0.4, 0.5) is 5.69 Å². The van der Waals surface area contributed by atoms with E-state index in [1.165, 1.54) is 5.56 Å². The maximum atomic E-state index is 11.5. The summed E-state index contributed by atoms with van der Waals surface area (Å²) in [5.41, 5.74) is 2.70. The molecule has 0 radical (unpaired) electrons. The number of fused-ring (bicyclic) bond motifs is 2. The fraction of sp³-hybridized carbons (Fsp3) is 0.455. The van der Waals surface area contributed by atoms with Gasteiger partial charge in [-0.05, 0) is 36.1 Å². The van der Waals surface area contributed by atoms with Crippen molar-refractivity contribution in [2.45, 2.75) is 37.1 Å². The lowest BCUT2D eigenvalue weighted by Gasteiger charge is -2.52. The number of hydrogen-bond donors (Lipinski definition) is 1. The Balaban J connectivity index is 1.58. The van der Waals surface area contributed by atoms with E-state index in [0.29, 0.717) is 26.1 Å². The van der Waals surface area contributed by atoms with Gasteiger partial charge in [0.1, 0.15) is 0 Å². The molecule has 4 heteroatoms. The van der Waals surface area contributed by atoms with Crippen LogP contribution in [-0.2, 0) is 16.9 Å². The van der Waals surface area contributed by atoms with E-state index in [9.17, 15) is 5.11 Å². The summed E-state index contributed by atoms with van der Waals surface area (Å²) >= 11 is 0. The van der Waals surface area contributed by atoms with E-state index in [4.69, 9.17) is 4.74 Å². The molecule has 2 bridgehead atoms. The molecule has 2 atom stereocenters. The first-order valence-electron chi connectivity index (χ1n) is 9.43. The predicted molar refractivity (Wildman–Crippen MR) is 104 cm³/mol. The van der Waals surface area contributed by atoms with Crippen molar-refractivity contribution in [3.05, 3.63) is 65.7 Å². The van der Waals surface area contributed by atoms with E-state index < -0.39 is 5.60 Å². The zero-order valence-electron chi connectivity index (χ0n) is 15.6. The number of anilines is 1. The van der Waals surface area contributed by atoms with Gasteiger partial charge in [-0.25, -0.2) is 0 Å². The molecule has 1 N–H and O–H groups in total. The summed E-state index contributed by atoms with van der Waals surface area (Å²) in [5.74, 6) is 0. The summed E-state index contributed by atoms with van der Waals surface area (Å²) in [4.78, 5) is 4.62. The highest BCUT2D eigenvalue weighted by molar-refractivity contribution is 5.48. The van der Waals surface area contributed by atoms with Gasteiger partial charge in [0.15, 0.2) is 0 Å². The second kappa shape index (κ2) is 7.03. The highest BCUT2D eigenvalue weighted by Crippen LogP contribution is 2.42. The Kier molecular flexibility index (Phi) is 4.74. The molecule has 2 saturated heterocycles. The van der Waals surface area contributed by atoms with Gasteiger partial charge in [-0.1, -0.05) is 42.5 Å². The number of piperidine rings is 1. The van der Waals surface area contributed by atoms with Crippen molar-refractivity contribution in [3.63, 3.8) is 0 Å². The number of ether oxygens (including phenoxy) is 1. The minimum atomic E-state index is -0.779. The van der Waals surface area contributed by atoms with Crippen LogP contribution in [0.15, 0.2) is 54.6 Å². The predicted octanol–water partition coefficient (Wildman–Crippen LogP) is 3.00. The van der Waals surface area contributed by atoms with Gasteiger partial charge in [0.25, 0.3) is 0 Å².